The van der Waals surface area contributed by atoms with Gasteiger partial charge in [-0.2, -0.15) is 0 Å². The lowest BCUT2D eigenvalue weighted by atomic mass is 10.0. The zero-order valence-electron chi connectivity index (χ0n) is 13.0. The Kier molecular flexibility index (Phi) is 3.27. The second kappa shape index (κ2) is 5.45. The van der Waals surface area contributed by atoms with E-state index in [2.05, 4.69) is 9.97 Å². The Morgan fingerprint density at radius 1 is 0.958 bits per heavy atom. The summed E-state index contributed by atoms with van der Waals surface area (Å²) < 4.78 is 5.11. The third-order valence-corrected chi connectivity index (χ3v) is 3.96. The number of phenols is 1. The third-order valence-electron chi connectivity index (χ3n) is 3.96. The topological polar surface area (TPSA) is 72.3 Å². The van der Waals surface area contributed by atoms with Crippen LogP contribution >= 0.6 is 0 Å². The Morgan fingerprint density at radius 3 is 2.21 bits per heavy atom. The molecule has 0 aliphatic carbocycles. The van der Waals surface area contributed by atoms with Gasteiger partial charge in [0.15, 0.2) is 0 Å². The monoisotopic (exact) mass is 318 g/mol. The number of aromatic nitrogens is 2. The molecular formula is C19H14N2O3. The van der Waals surface area contributed by atoms with Gasteiger partial charge in [0.05, 0.1) is 23.2 Å². The summed E-state index contributed by atoms with van der Waals surface area (Å²) in [6.45, 7) is 1.94. The van der Waals surface area contributed by atoms with Crippen LogP contribution in [0, 0.1) is 0 Å². The zero-order valence-corrected chi connectivity index (χ0v) is 13.0. The molecule has 0 spiro atoms. The van der Waals surface area contributed by atoms with E-state index in [0.717, 1.165) is 10.9 Å². The van der Waals surface area contributed by atoms with Crippen molar-refractivity contribution in [2.75, 3.05) is 6.61 Å². The number of benzene rings is 3. The van der Waals surface area contributed by atoms with Crippen molar-refractivity contribution in [3.8, 4) is 5.75 Å². The lowest BCUT2D eigenvalue weighted by Crippen LogP contribution is -2.07. The zero-order chi connectivity index (χ0) is 16.7. The summed E-state index contributed by atoms with van der Waals surface area (Å²) in [4.78, 5) is 21.6. The van der Waals surface area contributed by atoms with E-state index >= 15 is 0 Å². The highest BCUT2D eigenvalue weighted by Crippen LogP contribution is 2.36. The number of fused-ring (bicyclic) bond motifs is 4. The molecule has 4 aromatic rings. The molecule has 0 radical (unpaired) electrons. The molecule has 0 aliphatic heterocycles. The standard InChI is InChI=1S/C19H14N2O3/c1-2-24-19(23)15-17-16(11-7-3-4-8-12(11)18(15)22)20-13-9-5-6-10-14(13)21-17/h3-10,22H,2H2,1H3. The van der Waals surface area contributed by atoms with Gasteiger partial charge in [0.25, 0.3) is 0 Å². The average molecular weight is 318 g/mol. The molecule has 5 nitrogen and oxygen atoms in total. The van der Waals surface area contributed by atoms with Crippen LogP contribution in [0.25, 0.3) is 32.8 Å². The maximum Gasteiger partial charge on any atom is 0.344 e. The molecule has 0 amide bonds. The molecule has 1 aromatic heterocycles. The van der Waals surface area contributed by atoms with Crippen LogP contribution in [0.2, 0.25) is 0 Å². The maximum absolute atomic E-state index is 12.4. The summed E-state index contributed by atoms with van der Waals surface area (Å²) in [5.41, 5.74) is 2.37. The second-order valence-electron chi connectivity index (χ2n) is 5.40. The summed E-state index contributed by atoms with van der Waals surface area (Å²) in [7, 11) is 0. The highest BCUT2D eigenvalue weighted by Gasteiger charge is 2.23. The average Bonchev–Trinajstić information content (AvgIpc) is 2.61. The molecule has 1 N–H and O–H groups in total. The molecule has 0 unspecified atom stereocenters. The van der Waals surface area contributed by atoms with E-state index < -0.39 is 5.97 Å². The van der Waals surface area contributed by atoms with Gasteiger partial charge in [0, 0.05) is 10.8 Å². The summed E-state index contributed by atoms with van der Waals surface area (Å²) in [5, 5.41) is 11.9. The number of phenolic OH excluding ortho intramolecular Hbond substituents is 1. The first-order chi connectivity index (χ1) is 11.7. The number of hydrogen-bond acceptors (Lipinski definition) is 5. The molecule has 0 saturated carbocycles. The third kappa shape index (κ3) is 2.06. The molecule has 0 aliphatic rings. The van der Waals surface area contributed by atoms with Crippen LogP contribution in [0.5, 0.6) is 5.75 Å². The van der Waals surface area contributed by atoms with Crippen molar-refractivity contribution in [2.24, 2.45) is 0 Å². The predicted molar refractivity (Wildman–Crippen MR) is 92.2 cm³/mol. The van der Waals surface area contributed by atoms with E-state index in [4.69, 9.17) is 4.74 Å². The quantitative estimate of drug-likeness (QED) is 0.345. The van der Waals surface area contributed by atoms with E-state index in [-0.39, 0.29) is 17.9 Å². The number of esters is 1. The van der Waals surface area contributed by atoms with Crippen LogP contribution in [0.3, 0.4) is 0 Å². The van der Waals surface area contributed by atoms with Crippen LogP contribution < -0.4 is 0 Å². The van der Waals surface area contributed by atoms with Gasteiger partial charge in [-0.1, -0.05) is 36.4 Å². The van der Waals surface area contributed by atoms with Crippen molar-refractivity contribution in [3.63, 3.8) is 0 Å². The van der Waals surface area contributed by atoms with Crippen molar-refractivity contribution in [1.29, 1.82) is 0 Å². The number of aromatic hydroxyl groups is 1. The highest BCUT2D eigenvalue weighted by atomic mass is 16.5. The number of nitrogens with zero attached hydrogens (tertiary/aromatic N) is 2. The number of para-hydroxylation sites is 2. The van der Waals surface area contributed by atoms with Gasteiger partial charge in [0.2, 0.25) is 0 Å². The molecule has 5 heteroatoms. The van der Waals surface area contributed by atoms with Gasteiger partial charge in [-0.3, -0.25) is 0 Å². The van der Waals surface area contributed by atoms with Gasteiger partial charge in [-0.15, -0.1) is 0 Å². The van der Waals surface area contributed by atoms with Crippen LogP contribution in [0.4, 0.5) is 0 Å². The Morgan fingerprint density at radius 2 is 1.54 bits per heavy atom. The molecule has 0 fully saturated rings. The molecule has 0 bridgehead atoms. The molecule has 4 rings (SSSR count). The van der Waals surface area contributed by atoms with Crippen molar-refractivity contribution >= 4 is 38.8 Å². The lowest BCUT2D eigenvalue weighted by molar-refractivity contribution is 0.0525. The first kappa shape index (κ1) is 14.4. The van der Waals surface area contributed by atoms with E-state index in [1.54, 1.807) is 19.1 Å². The van der Waals surface area contributed by atoms with Gasteiger partial charge in [-0.25, -0.2) is 14.8 Å². The number of carbonyl (C=O) groups is 1. The van der Waals surface area contributed by atoms with Crippen LogP contribution in [-0.2, 0) is 4.74 Å². The van der Waals surface area contributed by atoms with Crippen molar-refractivity contribution in [3.05, 3.63) is 54.1 Å². The number of carbonyl (C=O) groups excluding carboxylic acids is 1. The van der Waals surface area contributed by atoms with Gasteiger partial charge in [-0.05, 0) is 19.1 Å². The molecule has 0 saturated heterocycles. The SMILES string of the molecule is CCOC(=O)c1c(O)c2ccccc2c2nc3ccccc3nc12. The molecule has 0 atom stereocenters. The molecule has 118 valence electrons. The molecular weight excluding hydrogens is 304 g/mol. The van der Waals surface area contributed by atoms with Crippen LogP contribution in [0.1, 0.15) is 17.3 Å². The number of rotatable bonds is 2. The van der Waals surface area contributed by atoms with E-state index in [9.17, 15) is 9.90 Å². The summed E-state index contributed by atoms with van der Waals surface area (Å²) in [6.07, 6.45) is 0. The number of ether oxygens (including phenoxy) is 1. The highest BCUT2D eigenvalue weighted by molar-refractivity contribution is 6.17. The minimum atomic E-state index is -0.602. The van der Waals surface area contributed by atoms with Crippen LogP contribution in [-0.4, -0.2) is 27.7 Å². The molecule has 3 aromatic carbocycles. The van der Waals surface area contributed by atoms with E-state index in [1.807, 2.05) is 36.4 Å². The van der Waals surface area contributed by atoms with Gasteiger partial charge in [0.1, 0.15) is 16.8 Å². The van der Waals surface area contributed by atoms with Crippen molar-refractivity contribution in [2.45, 2.75) is 6.92 Å². The van der Waals surface area contributed by atoms with E-state index in [1.165, 1.54) is 0 Å². The first-order valence-corrected chi connectivity index (χ1v) is 7.68. The summed E-state index contributed by atoms with van der Waals surface area (Å²) >= 11 is 0. The Hall–Kier alpha value is -3.21. The molecule has 24 heavy (non-hydrogen) atoms. The number of hydrogen-bond donors (Lipinski definition) is 1. The predicted octanol–water partition coefficient (Wildman–Crippen LogP) is 3.82. The fourth-order valence-corrected chi connectivity index (χ4v) is 2.90. The summed E-state index contributed by atoms with van der Waals surface area (Å²) in [6, 6.07) is 14.7. The summed E-state index contributed by atoms with van der Waals surface area (Å²) in [5.74, 6) is -0.725. The second-order valence-corrected chi connectivity index (χ2v) is 5.40. The van der Waals surface area contributed by atoms with Gasteiger partial charge >= 0.3 is 5.97 Å². The van der Waals surface area contributed by atoms with E-state index in [0.29, 0.717) is 21.9 Å². The minimum absolute atomic E-state index is 0.0591. The van der Waals surface area contributed by atoms with Crippen molar-refractivity contribution < 1.29 is 14.6 Å². The van der Waals surface area contributed by atoms with Crippen molar-refractivity contribution in [1.82, 2.24) is 9.97 Å². The Labute approximate surface area is 137 Å². The maximum atomic E-state index is 12.4. The Balaban J connectivity index is 2.23. The molecule has 1 heterocycles. The normalized spacial score (nSPS) is 11.2. The lowest BCUT2D eigenvalue weighted by Gasteiger charge is -2.12. The Bertz CT molecular complexity index is 1110. The minimum Gasteiger partial charge on any atom is -0.506 e. The fraction of sp³-hybridized carbons (Fsp3) is 0.105. The van der Waals surface area contributed by atoms with Gasteiger partial charge < -0.3 is 9.84 Å². The smallest absolute Gasteiger partial charge is 0.344 e. The largest absolute Gasteiger partial charge is 0.506 e. The fourth-order valence-electron chi connectivity index (χ4n) is 2.90. The van der Waals surface area contributed by atoms with Crippen LogP contribution in [0.15, 0.2) is 48.5 Å². The first-order valence-electron chi connectivity index (χ1n) is 7.68.